The van der Waals surface area contributed by atoms with E-state index in [0.29, 0.717) is 0 Å². The van der Waals surface area contributed by atoms with E-state index >= 15 is 0 Å². The molecule has 36 heavy (non-hydrogen) atoms. The summed E-state index contributed by atoms with van der Waals surface area (Å²) < 4.78 is 55.1. The number of nitro groups is 1. The fourth-order valence-electron chi connectivity index (χ4n) is 3.81. The number of ether oxygens (including phenoxy) is 3. The van der Waals surface area contributed by atoms with E-state index in [0.717, 1.165) is 24.3 Å². The average Bonchev–Trinajstić information content (AvgIpc) is 2.82. The zero-order valence-corrected chi connectivity index (χ0v) is 19.2. The molecule has 1 heterocycles. The molecule has 11 nitrogen and oxygen atoms in total. The Balaban J connectivity index is 2.08. The first kappa shape index (κ1) is 26.7. The molecular weight excluding hydrogens is 487 g/mol. The molecule has 0 amide bonds. The molecule has 14 heteroatoms. The predicted octanol–water partition coefficient (Wildman–Crippen LogP) is 3.32. The number of aliphatic imine (C=N–C) groups is 1. The van der Waals surface area contributed by atoms with Crippen LogP contribution in [0.15, 0.2) is 47.5 Å². The number of hydrogen-bond acceptors (Lipinski definition) is 8. The monoisotopic (exact) mass is 509 g/mol. The van der Waals surface area contributed by atoms with Crippen LogP contribution in [0.4, 0.5) is 24.5 Å². The Bertz CT molecular complexity index is 1180. The van der Waals surface area contributed by atoms with Crippen LogP contribution in [0.2, 0.25) is 0 Å². The Morgan fingerprint density at radius 3 is 2.44 bits per heavy atom. The van der Waals surface area contributed by atoms with Gasteiger partial charge in [-0.25, -0.2) is 4.99 Å². The number of benzene rings is 2. The molecule has 0 fully saturated rings. The van der Waals surface area contributed by atoms with E-state index in [1.165, 1.54) is 39.3 Å². The zero-order valence-electron chi connectivity index (χ0n) is 19.2. The number of nitrogens with one attached hydrogen (secondary N) is 2. The lowest BCUT2D eigenvalue weighted by Crippen LogP contribution is -2.59. The fraction of sp³-hybridized carbons (Fsp3) is 0.364. The first-order chi connectivity index (χ1) is 16.9. The van der Waals surface area contributed by atoms with Gasteiger partial charge in [-0.05, 0) is 37.3 Å². The van der Waals surface area contributed by atoms with Gasteiger partial charge in [0, 0.05) is 37.6 Å². The maximum absolute atomic E-state index is 12.9. The number of nitriles is 1. The summed E-state index contributed by atoms with van der Waals surface area (Å²) >= 11 is 0. The van der Waals surface area contributed by atoms with Crippen molar-refractivity contribution in [1.29, 1.82) is 5.26 Å². The number of rotatable bonds is 6. The summed E-state index contributed by atoms with van der Waals surface area (Å²) in [6.45, 7) is 1.49. The Kier molecular flexibility index (Phi) is 7.68. The highest BCUT2D eigenvalue weighted by Gasteiger charge is 2.52. The number of aliphatic hydroxyl groups is 1. The molecular formula is C22H22F3N5O6. The first-order valence-corrected chi connectivity index (χ1v) is 10.3. The van der Waals surface area contributed by atoms with Crippen LogP contribution >= 0.6 is 0 Å². The van der Waals surface area contributed by atoms with Crippen molar-refractivity contribution < 1.29 is 37.4 Å². The van der Waals surface area contributed by atoms with E-state index in [2.05, 4.69) is 15.6 Å². The molecule has 0 bridgehead atoms. The molecule has 3 atom stereocenters. The topological polar surface area (TPSA) is 151 Å². The molecule has 0 aliphatic carbocycles. The zero-order chi connectivity index (χ0) is 26.7. The molecule has 1 aliphatic heterocycles. The van der Waals surface area contributed by atoms with Crippen molar-refractivity contribution in [3.05, 3.63) is 63.7 Å². The summed E-state index contributed by atoms with van der Waals surface area (Å²) in [6, 6.07) is 6.41. The second-order valence-electron chi connectivity index (χ2n) is 7.87. The summed E-state index contributed by atoms with van der Waals surface area (Å²) in [6.07, 6.45) is -5.49. The van der Waals surface area contributed by atoms with Crippen LogP contribution in [0.5, 0.6) is 5.75 Å². The number of anilines is 1. The lowest BCUT2D eigenvalue weighted by Gasteiger charge is -2.45. The number of fused-ring (bicyclic) bond motifs is 1. The van der Waals surface area contributed by atoms with Crippen LogP contribution in [-0.4, -0.2) is 48.2 Å². The van der Waals surface area contributed by atoms with Crippen molar-refractivity contribution in [2.45, 2.75) is 37.1 Å². The first-order valence-electron chi connectivity index (χ1n) is 10.3. The fourth-order valence-corrected chi connectivity index (χ4v) is 3.81. The molecule has 0 radical (unpaired) electrons. The van der Waals surface area contributed by atoms with E-state index in [1.807, 2.05) is 0 Å². The van der Waals surface area contributed by atoms with E-state index in [4.69, 9.17) is 14.2 Å². The van der Waals surface area contributed by atoms with Crippen LogP contribution in [0.1, 0.15) is 24.1 Å². The van der Waals surface area contributed by atoms with Gasteiger partial charge in [-0.2, -0.15) is 18.4 Å². The number of halogens is 3. The highest BCUT2D eigenvalue weighted by Crippen LogP contribution is 2.45. The number of nitrogens with zero attached hydrogens (tertiary/aromatic N) is 3. The molecule has 2 aromatic carbocycles. The van der Waals surface area contributed by atoms with Crippen molar-refractivity contribution in [2.75, 3.05) is 19.5 Å². The minimum atomic E-state index is -4.53. The van der Waals surface area contributed by atoms with Crippen LogP contribution in [0.25, 0.3) is 0 Å². The molecule has 3 N–H and O–H groups in total. The van der Waals surface area contributed by atoms with Gasteiger partial charge in [0.15, 0.2) is 18.1 Å². The quantitative estimate of drug-likeness (QED) is 0.101. The highest BCUT2D eigenvalue weighted by molar-refractivity contribution is 5.94. The lowest BCUT2D eigenvalue weighted by molar-refractivity contribution is -0.385. The third-order valence-electron chi connectivity index (χ3n) is 5.55. The maximum Gasteiger partial charge on any atom is 0.416 e. The maximum atomic E-state index is 12.9. The smallest absolute Gasteiger partial charge is 0.416 e. The SMILES string of the molecule is COC(OC)[C@]1(C)Oc2ccc([N+](=O)[O-])cc2[C@@H](N=C(NC#N)Nc2ccc(C(F)(F)F)cc2)[C@@H]1O. The third kappa shape index (κ3) is 5.33. The van der Waals surface area contributed by atoms with Crippen LogP contribution in [0.3, 0.4) is 0 Å². The molecule has 1 aliphatic rings. The average molecular weight is 509 g/mol. The second kappa shape index (κ2) is 10.4. The second-order valence-corrected chi connectivity index (χ2v) is 7.87. The number of nitro benzene ring substituents is 1. The van der Waals surface area contributed by atoms with Crippen LogP contribution in [-0.2, 0) is 15.7 Å². The van der Waals surface area contributed by atoms with Crippen molar-refractivity contribution in [2.24, 2.45) is 4.99 Å². The van der Waals surface area contributed by atoms with Gasteiger partial charge in [-0.3, -0.25) is 15.4 Å². The van der Waals surface area contributed by atoms with E-state index < -0.39 is 40.7 Å². The van der Waals surface area contributed by atoms with Gasteiger partial charge in [0.1, 0.15) is 17.9 Å². The molecule has 3 rings (SSSR count). The highest BCUT2D eigenvalue weighted by atomic mass is 19.4. The summed E-state index contributed by atoms with van der Waals surface area (Å²) in [5, 5.41) is 36.8. The Hall–Kier alpha value is -3.93. The number of aliphatic hydroxyl groups excluding tert-OH is 1. The summed E-state index contributed by atoms with van der Waals surface area (Å²) in [5.41, 5.74) is -2.44. The summed E-state index contributed by atoms with van der Waals surface area (Å²) in [4.78, 5) is 15.1. The Morgan fingerprint density at radius 1 is 1.28 bits per heavy atom. The van der Waals surface area contributed by atoms with Crippen molar-refractivity contribution in [3.8, 4) is 11.9 Å². The number of non-ortho nitro benzene ring substituents is 1. The molecule has 0 saturated heterocycles. The summed E-state index contributed by atoms with van der Waals surface area (Å²) in [7, 11) is 2.65. The largest absolute Gasteiger partial charge is 0.479 e. The van der Waals surface area contributed by atoms with Gasteiger partial charge in [0.2, 0.25) is 5.96 Å². The van der Waals surface area contributed by atoms with Crippen LogP contribution in [0, 0.1) is 21.6 Å². The van der Waals surface area contributed by atoms with Gasteiger partial charge in [-0.15, -0.1) is 0 Å². The summed E-state index contributed by atoms with van der Waals surface area (Å²) in [5.74, 6) is -0.0958. The minimum Gasteiger partial charge on any atom is -0.479 e. The van der Waals surface area contributed by atoms with Crippen molar-refractivity contribution in [3.63, 3.8) is 0 Å². The standard InChI is InChI=1S/C22H22F3N5O6/c1-21(19(34-2)35-3)18(31)17(15-10-14(30(32)33)8-9-16(15)36-21)29-20(27-11-26)28-13-6-4-12(5-7-13)22(23,24)25/h4-10,17-19,31H,1-3H3,(H2,27,28,29)/t17-,18+,21-/m1/s1. The normalized spacial score (nSPS) is 21.8. The molecule has 0 aromatic heterocycles. The molecule has 192 valence electrons. The van der Waals surface area contributed by atoms with Crippen LogP contribution < -0.4 is 15.4 Å². The number of guanidine groups is 1. The molecule has 0 spiro atoms. The van der Waals surface area contributed by atoms with E-state index in [1.54, 1.807) is 6.19 Å². The van der Waals surface area contributed by atoms with E-state index in [-0.39, 0.29) is 28.6 Å². The lowest BCUT2D eigenvalue weighted by atomic mass is 9.84. The van der Waals surface area contributed by atoms with Gasteiger partial charge in [0.05, 0.1) is 10.5 Å². The number of hydrogen-bond donors (Lipinski definition) is 3. The number of methoxy groups -OCH3 is 2. The molecule has 0 saturated carbocycles. The minimum absolute atomic E-state index is 0.131. The predicted molar refractivity (Wildman–Crippen MR) is 120 cm³/mol. The number of alkyl halides is 3. The van der Waals surface area contributed by atoms with Gasteiger partial charge in [-0.1, -0.05) is 0 Å². The molecule has 2 aromatic rings. The Labute approximate surface area is 203 Å². The Morgan fingerprint density at radius 2 is 1.92 bits per heavy atom. The third-order valence-corrected chi connectivity index (χ3v) is 5.55. The van der Waals surface area contributed by atoms with Gasteiger partial charge >= 0.3 is 6.18 Å². The molecule has 0 unspecified atom stereocenters. The van der Waals surface area contributed by atoms with E-state index in [9.17, 15) is 33.7 Å². The van der Waals surface area contributed by atoms with Gasteiger partial charge < -0.3 is 24.6 Å². The van der Waals surface area contributed by atoms with Crippen molar-refractivity contribution >= 4 is 17.3 Å². The van der Waals surface area contributed by atoms with Crippen molar-refractivity contribution in [1.82, 2.24) is 5.32 Å². The van der Waals surface area contributed by atoms with Gasteiger partial charge in [0.25, 0.3) is 5.69 Å².